The van der Waals surface area contributed by atoms with Gasteiger partial charge in [0, 0.05) is 18.2 Å². The first-order chi connectivity index (χ1) is 17.6. The average molecular weight is 524 g/mol. The number of rotatable bonds is 17. The molecule has 1 rings (SSSR count). The van der Waals surface area contributed by atoms with Gasteiger partial charge < -0.3 is 18.9 Å². The standard InChI is InChI=1S/C24H33N3O10/c1-6-10-11-18(37-21(30)9-4)16-36-17(5)27-23(32)25(12-14-34-19(28)7-2)22(31)26(24(27)33)13-15-35-20(29)8-3/h7-9,17-18H,2-4,6,10-16H2,1,5H3. The smallest absolute Gasteiger partial charge is 0.338 e. The third-order valence-corrected chi connectivity index (χ3v) is 5.00. The summed E-state index contributed by atoms with van der Waals surface area (Å²) in [4.78, 5) is 73.4. The van der Waals surface area contributed by atoms with E-state index in [0.717, 1.165) is 31.1 Å². The van der Waals surface area contributed by atoms with Crippen molar-refractivity contribution in [3.8, 4) is 0 Å². The highest BCUT2D eigenvalue weighted by Crippen LogP contribution is 2.10. The molecule has 2 unspecified atom stereocenters. The second-order valence-corrected chi connectivity index (χ2v) is 7.60. The van der Waals surface area contributed by atoms with Crippen LogP contribution in [-0.4, -0.2) is 57.5 Å². The summed E-state index contributed by atoms with van der Waals surface area (Å²) in [6.45, 7) is 11.7. The summed E-state index contributed by atoms with van der Waals surface area (Å²) in [5, 5.41) is 0. The molecule has 0 amide bonds. The number of carbonyl (C=O) groups excluding carboxylic acids is 3. The van der Waals surface area contributed by atoms with Crippen LogP contribution in [0.1, 0.15) is 39.3 Å². The number of ether oxygens (including phenoxy) is 4. The number of esters is 3. The molecule has 0 fully saturated rings. The molecule has 0 N–H and O–H groups in total. The summed E-state index contributed by atoms with van der Waals surface area (Å²) in [7, 11) is 0. The van der Waals surface area contributed by atoms with Gasteiger partial charge in [-0.05, 0) is 19.8 Å². The van der Waals surface area contributed by atoms with Gasteiger partial charge in [-0.3, -0.25) is 0 Å². The monoisotopic (exact) mass is 523 g/mol. The summed E-state index contributed by atoms with van der Waals surface area (Å²) in [5.41, 5.74) is -3.02. The topological polar surface area (TPSA) is 154 Å². The molecule has 0 spiro atoms. The van der Waals surface area contributed by atoms with Crippen molar-refractivity contribution in [3.63, 3.8) is 0 Å². The Kier molecular flexibility index (Phi) is 13.3. The van der Waals surface area contributed by atoms with Crippen molar-refractivity contribution in [2.24, 2.45) is 0 Å². The Bertz CT molecular complexity index is 1100. The zero-order valence-electron chi connectivity index (χ0n) is 21.1. The second kappa shape index (κ2) is 15.9. The van der Waals surface area contributed by atoms with Crippen LogP contribution >= 0.6 is 0 Å². The lowest BCUT2D eigenvalue weighted by molar-refractivity contribution is -0.149. The van der Waals surface area contributed by atoms with Gasteiger partial charge in [-0.1, -0.05) is 33.1 Å². The Morgan fingerprint density at radius 1 is 0.838 bits per heavy atom. The molecule has 37 heavy (non-hydrogen) atoms. The van der Waals surface area contributed by atoms with E-state index in [-0.39, 0.29) is 32.9 Å². The third-order valence-electron chi connectivity index (χ3n) is 5.00. The van der Waals surface area contributed by atoms with E-state index in [1.54, 1.807) is 0 Å². The van der Waals surface area contributed by atoms with Gasteiger partial charge in [0.1, 0.15) is 25.5 Å². The molecule has 0 radical (unpaired) electrons. The van der Waals surface area contributed by atoms with Gasteiger partial charge in [0.2, 0.25) is 0 Å². The van der Waals surface area contributed by atoms with E-state index in [9.17, 15) is 28.8 Å². The number of aromatic nitrogens is 3. The Hall–Kier alpha value is -4.00. The molecule has 1 heterocycles. The summed E-state index contributed by atoms with van der Waals surface area (Å²) < 4.78 is 22.7. The Balaban J connectivity index is 3.32. The van der Waals surface area contributed by atoms with E-state index < -0.39 is 47.3 Å². The van der Waals surface area contributed by atoms with Gasteiger partial charge in [-0.25, -0.2) is 42.5 Å². The number of carbonyl (C=O) groups is 3. The number of nitrogens with zero attached hydrogens (tertiary/aromatic N) is 3. The van der Waals surface area contributed by atoms with Crippen LogP contribution in [0.25, 0.3) is 0 Å². The van der Waals surface area contributed by atoms with Gasteiger partial charge >= 0.3 is 35.0 Å². The van der Waals surface area contributed by atoms with Crippen molar-refractivity contribution in [1.29, 1.82) is 0 Å². The molecular weight excluding hydrogens is 490 g/mol. The molecule has 0 aliphatic rings. The fourth-order valence-electron chi connectivity index (χ4n) is 3.08. The molecule has 13 heteroatoms. The van der Waals surface area contributed by atoms with Crippen molar-refractivity contribution in [2.45, 2.75) is 58.5 Å². The minimum absolute atomic E-state index is 0.139. The van der Waals surface area contributed by atoms with Crippen molar-refractivity contribution < 1.29 is 33.3 Å². The molecule has 2 atom stereocenters. The van der Waals surface area contributed by atoms with Gasteiger partial charge in [0.25, 0.3) is 0 Å². The highest BCUT2D eigenvalue weighted by molar-refractivity contribution is 5.81. The summed E-state index contributed by atoms with van der Waals surface area (Å²) in [6.07, 6.45) is 3.05. The Morgan fingerprint density at radius 3 is 1.76 bits per heavy atom. The highest BCUT2D eigenvalue weighted by atomic mass is 16.6. The first kappa shape index (κ1) is 31.0. The first-order valence-electron chi connectivity index (χ1n) is 11.6. The largest absolute Gasteiger partial charge is 0.461 e. The van der Waals surface area contributed by atoms with Crippen LogP contribution in [0, 0.1) is 0 Å². The summed E-state index contributed by atoms with van der Waals surface area (Å²) in [5.74, 6) is -2.17. The molecular formula is C24H33N3O10. The van der Waals surface area contributed by atoms with Crippen LogP contribution in [0.3, 0.4) is 0 Å². The van der Waals surface area contributed by atoms with Crippen molar-refractivity contribution in [1.82, 2.24) is 13.7 Å². The van der Waals surface area contributed by atoms with Crippen molar-refractivity contribution in [2.75, 3.05) is 19.8 Å². The zero-order chi connectivity index (χ0) is 28.0. The molecule has 0 saturated carbocycles. The van der Waals surface area contributed by atoms with Gasteiger partial charge in [-0.2, -0.15) is 0 Å². The lowest BCUT2D eigenvalue weighted by Crippen LogP contribution is -2.56. The number of hydrogen-bond acceptors (Lipinski definition) is 10. The fraction of sp³-hybridized carbons (Fsp3) is 0.500. The highest BCUT2D eigenvalue weighted by Gasteiger charge is 2.22. The Morgan fingerprint density at radius 2 is 1.32 bits per heavy atom. The Labute approximate surface area is 213 Å². The van der Waals surface area contributed by atoms with Crippen LogP contribution in [0.15, 0.2) is 52.3 Å². The van der Waals surface area contributed by atoms with Crippen LogP contribution in [0.2, 0.25) is 0 Å². The number of unbranched alkanes of at least 4 members (excludes halogenated alkanes) is 1. The average Bonchev–Trinajstić information content (AvgIpc) is 2.88. The van der Waals surface area contributed by atoms with E-state index in [1.807, 2.05) is 6.92 Å². The predicted molar refractivity (Wildman–Crippen MR) is 132 cm³/mol. The SMILES string of the molecule is C=CC(=O)OCCn1c(=O)n(CCOC(=O)C=C)c(=O)n(C(C)OCC(CCCC)OC(=O)C=C)c1=O. The molecule has 204 valence electrons. The summed E-state index contributed by atoms with van der Waals surface area (Å²) >= 11 is 0. The maximum absolute atomic E-state index is 13.1. The van der Waals surface area contributed by atoms with Crippen molar-refractivity contribution in [3.05, 3.63) is 69.4 Å². The number of hydrogen-bond donors (Lipinski definition) is 0. The lowest BCUT2D eigenvalue weighted by atomic mass is 10.2. The van der Waals surface area contributed by atoms with E-state index in [4.69, 9.17) is 18.9 Å². The lowest BCUT2D eigenvalue weighted by Gasteiger charge is -2.22. The van der Waals surface area contributed by atoms with Crippen LogP contribution < -0.4 is 17.1 Å². The molecule has 0 bridgehead atoms. The van der Waals surface area contributed by atoms with Gasteiger partial charge in [0.15, 0.2) is 0 Å². The molecule has 1 aromatic rings. The molecule has 0 aliphatic carbocycles. The summed E-state index contributed by atoms with van der Waals surface area (Å²) in [6, 6.07) is 0. The zero-order valence-corrected chi connectivity index (χ0v) is 21.1. The van der Waals surface area contributed by atoms with E-state index in [2.05, 4.69) is 19.7 Å². The van der Waals surface area contributed by atoms with Gasteiger partial charge in [-0.15, -0.1) is 0 Å². The fourth-order valence-corrected chi connectivity index (χ4v) is 3.08. The molecule has 1 aromatic heterocycles. The minimum atomic E-state index is -1.18. The molecule has 13 nitrogen and oxygen atoms in total. The normalized spacial score (nSPS) is 12.2. The van der Waals surface area contributed by atoms with Crippen LogP contribution in [0.5, 0.6) is 0 Å². The predicted octanol–water partition coefficient (Wildman–Crippen LogP) is 0.453. The quantitative estimate of drug-likeness (QED) is 0.160. The molecule has 0 aromatic carbocycles. The third kappa shape index (κ3) is 9.52. The van der Waals surface area contributed by atoms with E-state index in [1.165, 1.54) is 6.92 Å². The first-order valence-corrected chi connectivity index (χ1v) is 11.6. The van der Waals surface area contributed by atoms with E-state index >= 15 is 0 Å². The van der Waals surface area contributed by atoms with Gasteiger partial charge in [0.05, 0.1) is 19.7 Å². The maximum Gasteiger partial charge on any atom is 0.338 e. The van der Waals surface area contributed by atoms with Crippen LogP contribution in [0.4, 0.5) is 0 Å². The van der Waals surface area contributed by atoms with Crippen molar-refractivity contribution >= 4 is 17.9 Å². The second-order valence-electron chi connectivity index (χ2n) is 7.60. The van der Waals surface area contributed by atoms with Crippen LogP contribution in [-0.2, 0) is 46.4 Å². The minimum Gasteiger partial charge on any atom is -0.461 e. The van der Waals surface area contributed by atoms with E-state index in [0.29, 0.717) is 20.1 Å². The molecule has 0 aliphatic heterocycles. The maximum atomic E-state index is 13.1. The molecule has 0 saturated heterocycles.